The van der Waals surface area contributed by atoms with Crippen molar-refractivity contribution in [3.05, 3.63) is 18.2 Å². The summed E-state index contributed by atoms with van der Waals surface area (Å²) in [6.07, 6.45) is 2.20. The number of hydrogen-bond donors (Lipinski definition) is 3. The summed E-state index contributed by atoms with van der Waals surface area (Å²) in [7, 11) is 1.59. The summed E-state index contributed by atoms with van der Waals surface area (Å²) in [5.74, 6) is -2.99. The highest BCUT2D eigenvalue weighted by molar-refractivity contribution is 5.95. The van der Waals surface area contributed by atoms with Gasteiger partial charge < -0.3 is 20.1 Å². The third-order valence-electron chi connectivity index (χ3n) is 2.30. The Hall–Kier alpha value is -2.38. The fraction of sp³-hybridized carbons (Fsp3) is 0.400. The summed E-state index contributed by atoms with van der Waals surface area (Å²) in [6, 6.07) is -1.23. The predicted octanol–water partition coefficient (Wildman–Crippen LogP) is -0.532. The van der Waals surface area contributed by atoms with Gasteiger partial charge in [-0.2, -0.15) is 0 Å². The van der Waals surface area contributed by atoms with Crippen molar-refractivity contribution in [1.82, 2.24) is 14.9 Å². The van der Waals surface area contributed by atoms with Crippen molar-refractivity contribution in [2.24, 2.45) is 7.05 Å². The van der Waals surface area contributed by atoms with Crippen molar-refractivity contribution in [3.8, 4) is 0 Å². The molecule has 1 amide bonds. The van der Waals surface area contributed by atoms with E-state index in [-0.39, 0.29) is 18.5 Å². The van der Waals surface area contributed by atoms with Gasteiger partial charge in [0.05, 0.1) is 12.5 Å². The third-order valence-corrected chi connectivity index (χ3v) is 2.30. The number of nitrogens with one attached hydrogen (secondary N) is 1. The van der Waals surface area contributed by atoms with Crippen LogP contribution in [0, 0.1) is 0 Å². The minimum atomic E-state index is -1.27. The second kappa shape index (κ2) is 5.80. The average molecular weight is 255 g/mol. The normalized spacial score (nSPS) is 11.8. The van der Waals surface area contributed by atoms with Crippen molar-refractivity contribution in [1.29, 1.82) is 0 Å². The first-order valence-corrected chi connectivity index (χ1v) is 5.13. The van der Waals surface area contributed by atoms with Crippen LogP contribution in [0.5, 0.6) is 0 Å². The molecule has 0 aliphatic heterocycles. The Kier molecular flexibility index (Phi) is 4.41. The molecule has 98 valence electrons. The number of aryl methyl sites for hydroxylation is 1. The highest BCUT2D eigenvalue weighted by Crippen LogP contribution is 2.02. The number of carbonyl (C=O) groups is 3. The van der Waals surface area contributed by atoms with E-state index in [1.807, 2.05) is 0 Å². The molecule has 0 aliphatic carbocycles. The molecule has 0 spiro atoms. The Morgan fingerprint density at radius 2 is 2.11 bits per heavy atom. The number of aliphatic carboxylic acids is 2. The number of carboxylic acid groups (broad SMARTS) is 2. The molecule has 8 heteroatoms. The molecule has 1 atom stereocenters. The number of amides is 1. The number of carboxylic acids is 2. The van der Waals surface area contributed by atoms with Crippen molar-refractivity contribution in [2.75, 3.05) is 0 Å². The van der Waals surface area contributed by atoms with Gasteiger partial charge in [0.2, 0.25) is 0 Å². The van der Waals surface area contributed by atoms with Crippen LogP contribution in [-0.2, 0) is 16.6 Å². The summed E-state index contributed by atoms with van der Waals surface area (Å²) in [4.78, 5) is 36.7. The molecule has 18 heavy (non-hydrogen) atoms. The van der Waals surface area contributed by atoms with Gasteiger partial charge >= 0.3 is 11.9 Å². The van der Waals surface area contributed by atoms with Gasteiger partial charge in [0.25, 0.3) is 5.91 Å². The van der Waals surface area contributed by atoms with Crippen LogP contribution >= 0.6 is 0 Å². The third kappa shape index (κ3) is 3.58. The highest BCUT2D eigenvalue weighted by Gasteiger charge is 2.22. The fourth-order valence-electron chi connectivity index (χ4n) is 1.33. The molecule has 1 aromatic heterocycles. The van der Waals surface area contributed by atoms with E-state index in [1.54, 1.807) is 7.05 Å². The molecule has 0 radical (unpaired) electrons. The largest absolute Gasteiger partial charge is 0.481 e. The summed E-state index contributed by atoms with van der Waals surface area (Å²) < 4.78 is 1.44. The Labute approximate surface area is 102 Å². The molecule has 0 aromatic carbocycles. The number of aromatic nitrogens is 2. The molecule has 1 unspecified atom stereocenters. The first kappa shape index (κ1) is 13.7. The van der Waals surface area contributed by atoms with Gasteiger partial charge in [0.15, 0.2) is 0 Å². The van der Waals surface area contributed by atoms with Crippen molar-refractivity contribution in [3.63, 3.8) is 0 Å². The van der Waals surface area contributed by atoms with E-state index in [4.69, 9.17) is 10.2 Å². The van der Waals surface area contributed by atoms with E-state index in [0.29, 0.717) is 0 Å². The SMILES string of the molecule is Cn1cncc1C(=O)NC(CCC(=O)O)C(=O)O. The lowest BCUT2D eigenvalue weighted by Crippen LogP contribution is -2.41. The first-order chi connectivity index (χ1) is 8.41. The van der Waals surface area contributed by atoms with E-state index < -0.39 is 23.9 Å². The number of carbonyl (C=O) groups excluding carboxylic acids is 1. The van der Waals surface area contributed by atoms with Gasteiger partial charge in [-0.15, -0.1) is 0 Å². The highest BCUT2D eigenvalue weighted by atomic mass is 16.4. The molecule has 0 saturated carbocycles. The van der Waals surface area contributed by atoms with E-state index >= 15 is 0 Å². The van der Waals surface area contributed by atoms with Gasteiger partial charge in [-0.25, -0.2) is 9.78 Å². The Morgan fingerprint density at radius 3 is 2.56 bits per heavy atom. The maximum absolute atomic E-state index is 11.7. The predicted molar refractivity (Wildman–Crippen MR) is 59.0 cm³/mol. The molecule has 8 nitrogen and oxygen atoms in total. The molecular formula is C10H13N3O5. The zero-order chi connectivity index (χ0) is 13.7. The van der Waals surface area contributed by atoms with E-state index in [9.17, 15) is 14.4 Å². The Balaban J connectivity index is 2.67. The fourth-order valence-corrected chi connectivity index (χ4v) is 1.33. The summed E-state index contributed by atoms with van der Waals surface area (Å²) in [6.45, 7) is 0. The molecule has 0 fully saturated rings. The van der Waals surface area contributed by atoms with Crippen LogP contribution in [0.25, 0.3) is 0 Å². The minimum absolute atomic E-state index is 0.172. The van der Waals surface area contributed by atoms with E-state index in [1.165, 1.54) is 17.1 Å². The molecule has 3 N–H and O–H groups in total. The molecule has 0 aliphatic rings. The van der Waals surface area contributed by atoms with Crippen LogP contribution in [0.15, 0.2) is 12.5 Å². The minimum Gasteiger partial charge on any atom is -0.481 e. The van der Waals surface area contributed by atoms with Gasteiger partial charge in [-0.1, -0.05) is 0 Å². The maximum atomic E-state index is 11.7. The van der Waals surface area contributed by atoms with Crippen molar-refractivity contribution < 1.29 is 24.6 Å². The lowest BCUT2D eigenvalue weighted by atomic mass is 10.1. The lowest BCUT2D eigenvalue weighted by Gasteiger charge is -2.13. The molecule has 1 rings (SSSR count). The van der Waals surface area contributed by atoms with Crippen LogP contribution < -0.4 is 5.32 Å². The average Bonchev–Trinajstić information content (AvgIpc) is 2.69. The molecule has 0 bridgehead atoms. The number of rotatable bonds is 6. The quantitative estimate of drug-likeness (QED) is 0.628. The van der Waals surface area contributed by atoms with Crippen molar-refractivity contribution in [2.45, 2.75) is 18.9 Å². The second-order valence-electron chi connectivity index (χ2n) is 3.69. The number of nitrogens with zero attached hydrogens (tertiary/aromatic N) is 2. The summed E-state index contributed by atoms with van der Waals surface area (Å²) >= 11 is 0. The molecular weight excluding hydrogens is 242 g/mol. The van der Waals surface area contributed by atoms with Crippen LogP contribution in [-0.4, -0.2) is 43.7 Å². The summed E-state index contributed by atoms with van der Waals surface area (Å²) in [5, 5.41) is 19.6. The zero-order valence-electron chi connectivity index (χ0n) is 9.66. The molecule has 1 aromatic rings. The summed E-state index contributed by atoms with van der Waals surface area (Å²) in [5.41, 5.74) is 0.205. The van der Waals surface area contributed by atoms with Gasteiger partial charge in [-0.05, 0) is 6.42 Å². The van der Waals surface area contributed by atoms with Gasteiger partial charge in [-0.3, -0.25) is 9.59 Å². The topological polar surface area (TPSA) is 122 Å². The van der Waals surface area contributed by atoms with E-state index in [0.717, 1.165) is 0 Å². The van der Waals surface area contributed by atoms with Gasteiger partial charge in [0, 0.05) is 13.5 Å². The van der Waals surface area contributed by atoms with Crippen LogP contribution in [0.3, 0.4) is 0 Å². The van der Waals surface area contributed by atoms with E-state index in [2.05, 4.69) is 10.3 Å². The van der Waals surface area contributed by atoms with Crippen molar-refractivity contribution >= 4 is 17.8 Å². The monoisotopic (exact) mass is 255 g/mol. The number of imidazole rings is 1. The first-order valence-electron chi connectivity index (χ1n) is 5.13. The second-order valence-corrected chi connectivity index (χ2v) is 3.69. The van der Waals surface area contributed by atoms with Crippen LogP contribution in [0.4, 0.5) is 0 Å². The smallest absolute Gasteiger partial charge is 0.326 e. The number of hydrogen-bond acceptors (Lipinski definition) is 4. The maximum Gasteiger partial charge on any atom is 0.326 e. The van der Waals surface area contributed by atoms with Crippen LogP contribution in [0.1, 0.15) is 23.3 Å². The lowest BCUT2D eigenvalue weighted by molar-refractivity contribution is -0.140. The van der Waals surface area contributed by atoms with Gasteiger partial charge in [0.1, 0.15) is 11.7 Å². The zero-order valence-corrected chi connectivity index (χ0v) is 9.66. The molecule has 0 saturated heterocycles. The molecule has 1 heterocycles. The Morgan fingerprint density at radius 1 is 1.44 bits per heavy atom. The van der Waals surface area contributed by atoms with Crippen LogP contribution in [0.2, 0.25) is 0 Å². The Bertz CT molecular complexity index is 468. The standard InChI is InChI=1S/C10H13N3O5/c1-13-5-11-4-7(13)9(16)12-6(10(17)18)2-3-8(14)15/h4-6H,2-3H2,1H3,(H,12,16)(H,14,15)(H,17,18).